The third-order valence-electron chi connectivity index (χ3n) is 4.11. The molecular formula is C15H24N2O3. The van der Waals surface area contributed by atoms with Crippen LogP contribution >= 0.6 is 0 Å². The number of amides is 1. The van der Waals surface area contributed by atoms with Crippen molar-refractivity contribution < 1.29 is 14.3 Å². The third-order valence-corrected chi connectivity index (χ3v) is 4.11. The van der Waals surface area contributed by atoms with Crippen LogP contribution in [0.2, 0.25) is 0 Å². The minimum atomic E-state index is -0.238. The van der Waals surface area contributed by atoms with E-state index < -0.39 is 0 Å². The number of nitrogens with zero attached hydrogens (tertiary/aromatic N) is 2. The van der Waals surface area contributed by atoms with Crippen LogP contribution in [-0.2, 0) is 9.47 Å². The highest BCUT2D eigenvalue weighted by atomic mass is 16.6. The van der Waals surface area contributed by atoms with Crippen molar-refractivity contribution in [3.63, 3.8) is 0 Å². The van der Waals surface area contributed by atoms with Crippen molar-refractivity contribution >= 4 is 6.09 Å². The quantitative estimate of drug-likeness (QED) is 0.797. The van der Waals surface area contributed by atoms with Gasteiger partial charge in [0.1, 0.15) is 0 Å². The van der Waals surface area contributed by atoms with E-state index >= 15 is 0 Å². The van der Waals surface area contributed by atoms with Gasteiger partial charge in [0.2, 0.25) is 0 Å². The van der Waals surface area contributed by atoms with Gasteiger partial charge in [0.15, 0.2) is 5.88 Å². The highest BCUT2D eigenvalue weighted by molar-refractivity contribution is 5.71. The van der Waals surface area contributed by atoms with Crippen LogP contribution in [0.25, 0.3) is 0 Å². The van der Waals surface area contributed by atoms with Crippen LogP contribution in [0.4, 0.5) is 4.79 Å². The van der Waals surface area contributed by atoms with E-state index in [1.54, 1.807) is 7.11 Å². The fourth-order valence-electron chi connectivity index (χ4n) is 3.06. The first-order valence-electron chi connectivity index (χ1n) is 7.28. The van der Waals surface area contributed by atoms with E-state index in [9.17, 15) is 4.79 Å². The normalized spacial score (nSPS) is 25.6. The van der Waals surface area contributed by atoms with Crippen molar-refractivity contribution in [2.45, 2.75) is 45.2 Å². The number of likely N-dealkylation sites (N-methyl/N-ethyl adjacent to an activating group) is 1. The molecule has 0 aliphatic carbocycles. The first-order chi connectivity index (χ1) is 9.63. The topological polar surface area (TPSA) is 42.0 Å². The van der Waals surface area contributed by atoms with Crippen LogP contribution in [0.1, 0.15) is 33.1 Å². The van der Waals surface area contributed by atoms with Crippen LogP contribution in [0, 0.1) is 0 Å². The predicted molar refractivity (Wildman–Crippen MR) is 76.9 cm³/mol. The van der Waals surface area contributed by atoms with E-state index in [1.165, 1.54) is 0 Å². The summed E-state index contributed by atoms with van der Waals surface area (Å²) in [7, 11) is 3.67. The van der Waals surface area contributed by atoms with E-state index in [1.807, 2.05) is 31.0 Å². The molecule has 0 spiro atoms. The van der Waals surface area contributed by atoms with Crippen LogP contribution in [-0.4, -0.2) is 48.7 Å². The van der Waals surface area contributed by atoms with Crippen LogP contribution < -0.4 is 0 Å². The van der Waals surface area contributed by atoms with Crippen LogP contribution in [0.5, 0.6) is 0 Å². The number of ether oxygens (including phenoxy) is 2. The van der Waals surface area contributed by atoms with Gasteiger partial charge in [0.25, 0.3) is 0 Å². The number of fused-ring (bicyclic) bond motifs is 1. The number of likely N-dealkylation sites (tertiary alicyclic amines) is 1. The minimum Gasteiger partial charge on any atom is -0.482 e. The average molecular weight is 280 g/mol. The summed E-state index contributed by atoms with van der Waals surface area (Å²) in [6.07, 6.45) is 6.61. The Balaban J connectivity index is 2.32. The van der Waals surface area contributed by atoms with E-state index in [-0.39, 0.29) is 18.2 Å². The molecular weight excluding hydrogens is 256 g/mol. The summed E-state index contributed by atoms with van der Waals surface area (Å²) < 4.78 is 10.6. The molecule has 2 heterocycles. The second-order valence-corrected chi connectivity index (χ2v) is 5.14. The highest BCUT2D eigenvalue weighted by Crippen LogP contribution is 2.35. The van der Waals surface area contributed by atoms with Crippen molar-refractivity contribution in [2.24, 2.45) is 0 Å². The number of methoxy groups -OCH3 is 1. The lowest BCUT2D eigenvalue weighted by molar-refractivity contribution is 0.0628. The molecule has 0 aromatic carbocycles. The Morgan fingerprint density at radius 3 is 2.70 bits per heavy atom. The summed E-state index contributed by atoms with van der Waals surface area (Å²) in [5.41, 5.74) is 1.02. The average Bonchev–Trinajstić information content (AvgIpc) is 2.46. The maximum Gasteiger partial charge on any atom is 0.414 e. The summed E-state index contributed by atoms with van der Waals surface area (Å²) in [6.45, 7) is 4.35. The summed E-state index contributed by atoms with van der Waals surface area (Å²) in [6, 6.07) is 0.407. The molecule has 1 unspecified atom stereocenters. The number of allylic oxidation sites excluding steroid dienone is 2. The second kappa shape index (κ2) is 6.20. The van der Waals surface area contributed by atoms with Gasteiger partial charge >= 0.3 is 6.09 Å². The van der Waals surface area contributed by atoms with Crippen molar-refractivity contribution in [2.75, 3.05) is 20.8 Å². The van der Waals surface area contributed by atoms with Crippen LogP contribution in [0.3, 0.4) is 0 Å². The fraction of sp³-hybridized carbons (Fsp3) is 0.667. The summed E-state index contributed by atoms with van der Waals surface area (Å²) in [4.78, 5) is 16.2. The maximum atomic E-state index is 12.3. The van der Waals surface area contributed by atoms with Gasteiger partial charge in [-0.25, -0.2) is 4.79 Å². The van der Waals surface area contributed by atoms with Gasteiger partial charge in [-0.05, 0) is 38.3 Å². The lowest BCUT2D eigenvalue weighted by atomic mass is 9.91. The minimum absolute atomic E-state index is 0.183. The van der Waals surface area contributed by atoms with Crippen molar-refractivity contribution in [1.82, 2.24) is 9.80 Å². The molecule has 1 fully saturated rings. The molecule has 5 nitrogen and oxygen atoms in total. The summed E-state index contributed by atoms with van der Waals surface area (Å²) in [5, 5.41) is 0. The molecule has 2 aliphatic heterocycles. The number of hydrogen-bond acceptors (Lipinski definition) is 4. The zero-order chi connectivity index (χ0) is 14.7. The summed E-state index contributed by atoms with van der Waals surface area (Å²) in [5.74, 6) is 0.831. The Hall–Kier alpha value is -1.65. The largest absolute Gasteiger partial charge is 0.482 e. The van der Waals surface area contributed by atoms with Gasteiger partial charge in [-0.3, -0.25) is 4.90 Å². The van der Waals surface area contributed by atoms with Crippen LogP contribution in [0.15, 0.2) is 23.7 Å². The molecule has 2 aliphatic rings. The van der Waals surface area contributed by atoms with E-state index in [4.69, 9.17) is 9.47 Å². The Morgan fingerprint density at radius 2 is 2.10 bits per heavy atom. The van der Waals surface area contributed by atoms with Crippen molar-refractivity contribution in [3.05, 3.63) is 23.7 Å². The molecule has 1 amide bonds. The molecule has 0 radical (unpaired) electrons. The number of rotatable bonds is 3. The Bertz CT molecular complexity index is 431. The molecule has 0 N–H and O–H groups in total. The molecule has 0 bridgehead atoms. The first kappa shape index (κ1) is 14.8. The molecule has 1 saturated heterocycles. The van der Waals surface area contributed by atoms with Crippen molar-refractivity contribution in [1.29, 1.82) is 0 Å². The number of piperidine rings is 1. The van der Waals surface area contributed by atoms with Crippen molar-refractivity contribution in [3.8, 4) is 0 Å². The monoisotopic (exact) mass is 280 g/mol. The van der Waals surface area contributed by atoms with E-state index in [2.05, 4.69) is 11.8 Å². The maximum absolute atomic E-state index is 12.3. The molecule has 5 heteroatoms. The van der Waals surface area contributed by atoms with E-state index in [0.29, 0.717) is 6.61 Å². The van der Waals surface area contributed by atoms with Gasteiger partial charge in [-0.1, -0.05) is 6.92 Å². The summed E-state index contributed by atoms with van der Waals surface area (Å²) >= 11 is 0. The number of carbonyl (C=O) groups is 1. The fourth-order valence-corrected chi connectivity index (χ4v) is 3.06. The first-order valence-corrected chi connectivity index (χ1v) is 7.28. The Morgan fingerprint density at radius 1 is 1.35 bits per heavy atom. The van der Waals surface area contributed by atoms with Gasteiger partial charge in [0.05, 0.1) is 19.8 Å². The molecule has 20 heavy (non-hydrogen) atoms. The SMILES string of the molecule is CCOC(=O)N1C2=CC=C(OC)N(C)C2CC[C@H]1CC. The molecule has 0 aromatic rings. The standard InChI is InChI=1S/C15H24N2O3/c1-5-11-7-8-12-13(17(11)15(18)20-6-2)9-10-14(19-4)16(12)3/h9-12H,5-8H2,1-4H3/t11-,12?/m1/s1. The van der Waals surface area contributed by atoms with Gasteiger partial charge in [-0.2, -0.15) is 0 Å². The van der Waals surface area contributed by atoms with Gasteiger partial charge in [-0.15, -0.1) is 0 Å². The smallest absolute Gasteiger partial charge is 0.414 e. The zero-order valence-corrected chi connectivity index (χ0v) is 12.8. The van der Waals surface area contributed by atoms with Gasteiger partial charge in [0, 0.05) is 18.8 Å². The molecule has 2 rings (SSSR count). The molecule has 2 atom stereocenters. The zero-order valence-electron chi connectivity index (χ0n) is 12.8. The number of hydrogen-bond donors (Lipinski definition) is 0. The molecule has 112 valence electrons. The predicted octanol–water partition coefficient (Wildman–Crippen LogP) is 2.70. The lowest BCUT2D eigenvalue weighted by Crippen LogP contribution is -2.52. The molecule has 0 saturated carbocycles. The number of carbonyl (C=O) groups excluding carboxylic acids is 1. The highest BCUT2D eigenvalue weighted by Gasteiger charge is 2.39. The lowest BCUT2D eigenvalue weighted by Gasteiger charge is -2.45. The Labute approximate surface area is 120 Å². The second-order valence-electron chi connectivity index (χ2n) is 5.14. The third kappa shape index (κ3) is 2.49. The Kier molecular flexibility index (Phi) is 4.57. The van der Waals surface area contributed by atoms with E-state index in [0.717, 1.165) is 30.8 Å². The van der Waals surface area contributed by atoms with Gasteiger partial charge < -0.3 is 14.4 Å². The molecule has 0 aromatic heterocycles.